The first-order chi connectivity index (χ1) is 14.1. The predicted octanol–water partition coefficient (Wildman–Crippen LogP) is 3.64. The second-order valence-corrected chi connectivity index (χ2v) is 6.95. The monoisotopic (exact) mass is 384 g/mol. The molecule has 6 nitrogen and oxygen atoms in total. The smallest absolute Gasteiger partial charge is 0.291 e. The van der Waals surface area contributed by atoms with Crippen LogP contribution in [0.25, 0.3) is 11.0 Å². The maximum atomic E-state index is 13.3. The number of hydrogen-bond donors (Lipinski definition) is 1. The van der Waals surface area contributed by atoms with Crippen molar-refractivity contribution in [1.82, 2.24) is 9.88 Å². The minimum absolute atomic E-state index is 0.0702. The number of amides is 1. The van der Waals surface area contributed by atoms with E-state index in [0.29, 0.717) is 23.1 Å². The number of phenolic OH excluding ortho intramolecular Hbond substituents is 1. The van der Waals surface area contributed by atoms with Gasteiger partial charge in [-0.3, -0.25) is 14.6 Å². The molecular formula is C23H16N2O4. The molecule has 5 rings (SSSR count). The van der Waals surface area contributed by atoms with Gasteiger partial charge in [-0.1, -0.05) is 24.3 Å². The zero-order valence-corrected chi connectivity index (χ0v) is 15.3. The van der Waals surface area contributed by atoms with Crippen LogP contribution in [0.15, 0.2) is 82.3 Å². The molecule has 0 aliphatic carbocycles. The van der Waals surface area contributed by atoms with Crippen molar-refractivity contribution in [3.8, 4) is 5.75 Å². The summed E-state index contributed by atoms with van der Waals surface area (Å²) in [6, 6.07) is 16.5. The van der Waals surface area contributed by atoms with Crippen LogP contribution in [-0.2, 0) is 6.54 Å². The molecular weight excluding hydrogens is 368 g/mol. The van der Waals surface area contributed by atoms with Gasteiger partial charge in [0.15, 0.2) is 5.43 Å². The summed E-state index contributed by atoms with van der Waals surface area (Å²) in [6.07, 6.45) is 3.33. The van der Waals surface area contributed by atoms with Crippen molar-refractivity contribution in [2.45, 2.75) is 12.6 Å². The van der Waals surface area contributed by atoms with E-state index in [1.54, 1.807) is 65.8 Å². The first-order valence-corrected chi connectivity index (χ1v) is 9.18. The van der Waals surface area contributed by atoms with Crippen molar-refractivity contribution in [2.75, 3.05) is 0 Å². The van der Waals surface area contributed by atoms with Crippen LogP contribution in [0.2, 0.25) is 0 Å². The summed E-state index contributed by atoms with van der Waals surface area (Å²) in [7, 11) is 0. The molecule has 0 unspecified atom stereocenters. The number of carbonyl (C=O) groups is 1. The van der Waals surface area contributed by atoms with Crippen molar-refractivity contribution < 1.29 is 14.3 Å². The highest BCUT2D eigenvalue weighted by molar-refractivity contribution is 5.99. The average molecular weight is 384 g/mol. The van der Waals surface area contributed by atoms with Gasteiger partial charge in [-0.25, -0.2) is 0 Å². The third-order valence-electron chi connectivity index (χ3n) is 5.18. The fraction of sp³-hybridized carbons (Fsp3) is 0.0870. The van der Waals surface area contributed by atoms with Crippen LogP contribution in [0.1, 0.15) is 33.3 Å². The first kappa shape index (κ1) is 17.2. The summed E-state index contributed by atoms with van der Waals surface area (Å²) in [5.41, 5.74) is 2.12. The summed E-state index contributed by atoms with van der Waals surface area (Å²) in [4.78, 5) is 32.2. The van der Waals surface area contributed by atoms with Gasteiger partial charge in [0.1, 0.15) is 11.3 Å². The Morgan fingerprint density at radius 3 is 2.45 bits per heavy atom. The van der Waals surface area contributed by atoms with Crippen LogP contribution in [-0.4, -0.2) is 20.9 Å². The third-order valence-corrected chi connectivity index (χ3v) is 5.18. The number of hydrogen-bond acceptors (Lipinski definition) is 5. The van der Waals surface area contributed by atoms with Crippen molar-refractivity contribution in [2.24, 2.45) is 0 Å². The van der Waals surface area contributed by atoms with Crippen LogP contribution in [0.5, 0.6) is 5.75 Å². The van der Waals surface area contributed by atoms with Gasteiger partial charge in [0.2, 0.25) is 5.76 Å². The molecule has 1 atom stereocenters. The fourth-order valence-electron chi connectivity index (χ4n) is 3.82. The van der Waals surface area contributed by atoms with Gasteiger partial charge in [0, 0.05) is 18.9 Å². The Morgan fingerprint density at radius 2 is 1.69 bits per heavy atom. The van der Waals surface area contributed by atoms with Crippen LogP contribution < -0.4 is 5.43 Å². The van der Waals surface area contributed by atoms with E-state index in [1.165, 1.54) is 0 Å². The second kappa shape index (κ2) is 6.60. The Morgan fingerprint density at radius 1 is 0.966 bits per heavy atom. The molecule has 1 N–H and O–H groups in total. The van der Waals surface area contributed by atoms with E-state index in [2.05, 4.69) is 4.98 Å². The average Bonchev–Trinajstić information content (AvgIpc) is 3.02. The molecule has 0 saturated carbocycles. The van der Waals surface area contributed by atoms with Crippen LogP contribution in [0, 0.1) is 0 Å². The van der Waals surface area contributed by atoms with E-state index in [1.807, 2.05) is 12.1 Å². The maximum absolute atomic E-state index is 13.3. The van der Waals surface area contributed by atoms with Gasteiger partial charge in [-0.2, -0.15) is 0 Å². The Kier molecular flexibility index (Phi) is 3.91. The Labute approximate surface area is 165 Å². The van der Waals surface area contributed by atoms with E-state index in [-0.39, 0.29) is 22.8 Å². The summed E-state index contributed by atoms with van der Waals surface area (Å²) in [5.74, 6) is -0.150. The fourth-order valence-corrected chi connectivity index (χ4v) is 3.82. The van der Waals surface area contributed by atoms with Gasteiger partial charge < -0.3 is 14.4 Å². The summed E-state index contributed by atoms with van der Waals surface area (Å²) >= 11 is 0. The number of benzene rings is 2. The number of rotatable bonds is 3. The molecule has 29 heavy (non-hydrogen) atoms. The molecule has 2 aromatic heterocycles. The zero-order valence-electron chi connectivity index (χ0n) is 15.3. The molecule has 6 heteroatoms. The lowest BCUT2D eigenvalue weighted by molar-refractivity contribution is 0.0714. The predicted molar refractivity (Wildman–Crippen MR) is 107 cm³/mol. The lowest BCUT2D eigenvalue weighted by Gasteiger charge is -2.25. The molecule has 142 valence electrons. The van der Waals surface area contributed by atoms with Crippen LogP contribution in [0.3, 0.4) is 0 Å². The molecule has 4 aromatic rings. The van der Waals surface area contributed by atoms with Crippen LogP contribution >= 0.6 is 0 Å². The number of nitrogens with zero attached hydrogens (tertiary/aromatic N) is 2. The minimum Gasteiger partial charge on any atom is -0.508 e. The van der Waals surface area contributed by atoms with E-state index >= 15 is 0 Å². The Balaban J connectivity index is 1.73. The number of phenols is 1. The lowest BCUT2D eigenvalue weighted by atomic mass is 9.98. The minimum atomic E-state index is -0.605. The van der Waals surface area contributed by atoms with Gasteiger partial charge in [-0.05, 0) is 47.5 Å². The van der Waals surface area contributed by atoms with Gasteiger partial charge in [0.25, 0.3) is 5.91 Å². The van der Waals surface area contributed by atoms with E-state index in [4.69, 9.17) is 4.42 Å². The number of aromatic hydroxyl groups is 1. The molecule has 0 radical (unpaired) electrons. The standard InChI is InChI=1S/C23H16N2O4/c26-16-7-5-15(6-8-16)20-19-21(27)17-3-1-2-4-18(17)29-22(19)23(28)25(20)13-14-9-11-24-12-10-14/h1-12,20,26H,13H2/t20-/m1/s1. The summed E-state index contributed by atoms with van der Waals surface area (Å²) < 4.78 is 5.89. The first-order valence-electron chi connectivity index (χ1n) is 9.18. The van der Waals surface area contributed by atoms with E-state index in [9.17, 15) is 14.7 Å². The van der Waals surface area contributed by atoms with Gasteiger partial charge in [0.05, 0.1) is 17.0 Å². The largest absolute Gasteiger partial charge is 0.508 e. The van der Waals surface area contributed by atoms with E-state index < -0.39 is 6.04 Å². The molecule has 0 saturated heterocycles. The molecule has 0 fully saturated rings. The lowest BCUT2D eigenvalue weighted by Crippen LogP contribution is -2.29. The van der Waals surface area contributed by atoms with Crippen molar-refractivity contribution in [1.29, 1.82) is 0 Å². The third kappa shape index (κ3) is 2.77. The summed E-state index contributed by atoms with van der Waals surface area (Å²) in [6.45, 7) is 0.298. The molecule has 1 aliphatic rings. The number of aromatic nitrogens is 1. The zero-order chi connectivity index (χ0) is 20.0. The van der Waals surface area contributed by atoms with Crippen LogP contribution in [0.4, 0.5) is 0 Å². The highest BCUT2D eigenvalue weighted by Crippen LogP contribution is 2.39. The number of fused-ring (bicyclic) bond motifs is 2. The quantitative estimate of drug-likeness (QED) is 0.583. The second-order valence-electron chi connectivity index (χ2n) is 6.95. The number of para-hydroxylation sites is 1. The Bertz CT molecular complexity index is 1280. The number of pyridine rings is 1. The summed E-state index contributed by atoms with van der Waals surface area (Å²) in [5, 5.41) is 10.1. The molecule has 2 aromatic carbocycles. The SMILES string of the molecule is O=C1c2oc3ccccc3c(=O)c2[C@@H](c2ccc(O)cc2)N1Cc1ccncc1. The van der Waals surface area contributed by atoms with E-state index in [0.717, 1.165) is 11.1 Å². The van der Waals surface area contributed by atoms with Crippen molar-refractivity contribution in [3.05, 3.63) is 106 Å². The molecule has 1 amide bonds. The molecule has 1 aliphatic heterocycles. The topological polar surface area (TPSA) is 83.6 Å². The highest BCUT2D eigenvalue weighted by atomic mass is 16.3. The molecule has 0 bridgehead atoms. The number of carbonyl (C=O) groups excluding carboxylic acids is 1. The Hall–Kier alpha value is -3.93. The van der Waals surface area contributed by atoms with Gasteiger partial charge >= 0.3 is 0 Å². The van der Waals surface area contributed by atoms with Crippen molar-refractivity contribution in [3.63, 3.8) is 0 Å². The maximum Gasteiger partial charge on any atom is 0.291 e. The highest BCUT2D eigenvalue weighted by Gasteiger charge is 2.42. The van der Waals surface area contributed by atoms with Crippen molar-refractivity contribution >= 4 is 16.9 Å². The normalized spacial score (nSPS) is 15.7. The molecule has 3 heterocycles. The van der Waals surface area contributed by atoms with Gasteiger partial charge in [-0.15, -0.1) is 0 Å². The molecule has 0 spiro atoms.